The van der Waals surface area contributed by atoms with Gasteiger partial charge in [-0.05, 0) is 36.5 Å². The Hall–Kier alpha value is -3.60. The first-order chi connectivity index (χ1) is 13.4. The van der Waals surface area contributed by atoms with Crippen molar-refractivity contribution in [3.05, 3.63) is 52.1 Å². The van der Waals surface area contributed by atoms with Crippen LogP contribution < -0.4 is 30.4 Å². The van der Waals surface area contributed by atoms with Crippen LogP contribution in [0.3, 0.4) is 0 Å². The summed E-state index contributed by atoms with van der Waals surface area (Å²) in [4.78, 5) is 22.6. The van der Waals surface area contributed by atoms with Crippen LogP contribution in [-0.2, 0) is 0 Å². The number of hydrazine groups is 1. The number of carbonyl (C=O) groups excluding carboxylic acids is 1. The molecule has 2 aromatic rings. The predicted molar refractivity (Wildman–Crippen MR) is 106 cm³/mol. The zero-order valence-electron chi connectivity index (χ0n) is 15.3. The van der Waals surface area contributed by atoms with Crippen molar-refractivity contribution in [3.63, 3.8) is 0 Å². The van der Waals surface area contributed by atoms with E-state index in [0.29, 0.717) is 22.9 Å². The highest BCUT2D eigenvalue weighted by atomic mass is 32.1. The number of carbonyl (C=O) groups is 1. The lowest BCUT2D eigenvalue weighted by atomic mass is 10.1. The van der Waals surface area contributed by atoms with Crippen LogP contribution in [0.5, 0.6) is 17.2 Å². The Kier molecular flexibility index (Phi) is 6.93. The van der Waals surface area contributed by atoms with Crippen molar-refractivity contribution in [2.24, 2.45) is 0 Å². The van der Waals surface area contributed by atoms with E-state index >= 15 is 0 Å². The molecule has 2 rings (SSSR count). The number of methoxy groups -OCH3 is 3. The van der Waals surface area contributed by atoms with E-state index < -0.39 is 10.8 Å². The van der Waals surface area contributed by atoms with Crippen LogP contribution in [0.15, 0.2) is 36.4 Å². The van der Waals surface area contributed by atoms with Crippen molar-refractivity contribution in [1.29, 1.82) is 0 Å². The van der Waals surface area contributed by atoms with E-state index in [1.807, 2.05) is 0 Å². The van der Waals surface area contributed by atoms with Gasteiger partial charge >= 0.3 is 0 Å². The van der Waals surface area contributed by atoms with Gasteiger partial charge in [0.1, 0.15) is 0 Å². The number of ether oxygens (including phenoxy) is 3. The summed E-state index contributed by atoms with van der Waals surface area (Å²) in [5.74, 6) is 0.522. The lowest BCUT2D eigenvalue weighted by molar-refractivity contribution is -0.384. The minimum absolute atomic E-state index is 0.00268. The third kappa shape index (κ3) is 4.98. The molecular formula is C17H18N4O6S. The van der Waals surface area contributed by atoms with Crippen LogP contribution in [0.1, 0.15) is 10.4 Å². The molecule has 0 spiro atoms. The van der Waals surface area contributed by atoms with Gasteiger partial charge in [-0.15, -0.1) is 0 Å². The van der Waals surface area contributed by atoms with Crippen LogP contribution >= 0.6 is 12.2 Å². The molecule has 0 heterocycles. The maximum Gasteiger partial charge on any atom is 0.269 e. The average molecular weight is 406 g/mol. The standard InChI is InChI=1S/C17H18N4O6S/c1-25-13-8-10(9-14(26-2)15(13)27-3)16(22)18-17(28)20-19-11-4-6-12(7-5-11)21(23)24/h4-9,19H,1-3H3,(H2,18,20,22,28). The van der Waals surface area contributed by atoms with E-state index in [4.69, 9.17) is 26.4 Å². The summed E-state index contributed by atoms with van der Waals surface area (Å²) < 4.78 is 15.6. The second kappa shape index (κ2) is 9.37. The Bertz CT molecular complexity index is 863. The number of hydrogen-bond acceptors (Lipinski definition) is 8. The van der Waals surface area contributed by atoms with Gasteiger partial charge in [0.05, 0.1) is 31.9 Å². The number of non-ortho nitro benzene ring substituents is 1. The molecule has 11 heteroatoms. The molecule has 0 aliphatic rings. The molecule has 0 aliphatic heterocycles. The number of anilines is 1. The number of benzene rings is 2. The second-order valence-corrected chi connectivity index (χ2v) is 5.66. The summed E-state index contributed by atoms with van der Waals surface area (Å²) in [7, 11) is 4.35. The Morgan fingerprint density at radius 3 is 2.07 bits per heavy atom. The predicted octanol–water partition coefficient (Wildman–Crippen LogP) is 2.25. The number of nitro benzene ring substituents is 1. The molecule has 0 saturated carbocycles. The lowest BCUT2D eigenvalue weighted by Crippen LogP contribution is -2.41. The number of rotatable bonds is 7. The molecular weight excluding hydrogens is 388 g/mol. The summed E-state index contributed by atoms with van der Waals surface area (Å²) >= 11 is 5.07. The smallest absolute Gasteiger partial charge is 0.269 e. The van der Waals surface area contributed by atoms with Gasteiger partial charge in [0.15, 0.2) is 16.6 Å². The van der Waals surface area contributed by atoms with Gasteiger partial charge < -0.3 is 14.2 Å². The topological polar surface area (TPSA) is 124 Å². The third-order valence-corrected chi connectivity index (χ3v) is 3.76. The minimum atomic E-state index is -0.501. The largest absolute Gasteiger partial charge is 0.493 e. The fraction of sp³-hybridized carbons (Fsp3) is 0.176. The summed E-state index contributed by atoms with van der Waals surface area (Å²) in [5, 5.41) is 13.1. The van der Waals surface area contributed by atoms with Crippen molar-refractivity contribution in [2.45, 2.75) is 0 Å². The average Bonchev–Trinajstić information content (AvgIpc) is 2.71. The first-order valence-electron chi connectivity index (χ1n) is 7.81. The highest BCUT2D eigenvalue weighted by molar-refractivity contribution is 7.80. The monoisotopic (exact) mass is 406 g/mol. The molecule has 28 heavy (non-hydrogen) atoms. The Morgan fingerprint density at radius 1 is 1.04 bits per heavy atom. The van der Waals surface area contributed by atoms with E-state index in [0.717, 1.165) is 0 Å². The molecule has 0 saturated heterocycles. The number of thiocarbonyl (C=S) groups is 1. The van der Waals surface area contributed by atoms with Crippen LogP contribution in [0.25, 0.3) is 0 Å². The SMILES string of the molecule is COc1cc(C(=O)NC(=S)NNc2ccc([N+](=O)[O-])cc2)cc(OC)c1OC. The first-order valence-corrected chi connectivity index (χ1v) is 8.22. The highest BCUT2D eigenvalue weighted by Gasteiger charge is 2.17. The molecule has 1 amide bonds. The fourth-order valence-electron chi connectivity index (χ4n) is 2.21. The molecule has 0 aromatic heterocycles. The first kappa shape index (κ1) is 20.7. The molecule has 0 unspecified atom stereocenters. The quantitative estimate of drug-likeness (QED) is 0.361. The van der Waals surface area contributed by atoms with Crippen LogP contribution in [0.2, 0.25) is 0 Å². The second-order valence-electron chi connectivity index (χ2n) is 5.25. The van der Waals surface area contributed by atoms with E-state index in [9.17, 15) is 14.9 Å². The lowest BCUT2D eigenvalue weighted by Gasteiger charge is -2.15. The number of hydrogen-bond donors (Lipinski definition) is 3. The van der Waals surface area contributed by atoms with Gasteiger partial charge in [0, 0.05) is 17.7 Å². The van der Waals surface area contributed by atoms with Crippen molar-refractivity contribution in [1.82, 2.24) is 10.7 Å². The summed E-state index contributed by atoms with van der Waals surface area (Å²) in [5.41, 5.74) is 6.08. The Labute approximate surface area is 165 Å². The number of nitrogens with zero attached hydrogens (tertiary/aromatic N) is 1. The van der Waals surface area contributed by atoms with Crippen molar-refractivity contribution < 1.29 is 23.9 Å². The van der Waals surface area contributed by atoms with E-state index in [2.05, 4.69) is 16.2 Å². The Balaban J connectivity index is 2.02. The molecule has 0 atom stereocenters. The molecule has 0 aliphatic carbocycles. The number of nitrogens with one attached hydrogen (secondary N) is 3. The van der Waals surface area contributed by atoms with Gasteiger partial charge in [0.25, 0.3) is 11.6 Å². The summed E-state index contributed by atoms with van der Waals surface area (Å²) in [6.45, 7) is 0. The Morgan fingerprint density at radius 2 is 1.61 bits per heavy atom. The van der Waals surface area contributed by atoms with Crippen LogP contribution in [0, 0.1) is 10.1 Å². The summed E-state index contributed by atoms with van der Waals surface area (Å²) in [6.07, 6.45) is 0. The molecule has 0 bridgehead atoms. The van der Waals surface area contributed by atoms with Crippen LogP contribution in [-0.4, -0.2) is 37.3 Å². The molecule has 0 fully saturated rings. The van der Waals surface area contributed by atoms with Crippen molar-refractivity contribution in [2.75, 3.05) is 26.8 Å². The maximum absolute atomic E-state index is 12.4. The number of amides is 1. The minimum Gasteiger partial charge on any atom is -0.493 e. The summed E-state index contributed by atoms with van der Waals surface area (Å²) in [6, 6.07) is 8.64. The van der Waals surface area contributed by atoms with Gasteiger partial charge in [-0.25, -0.2) is 0 Å². The third-order valence-electron chi connectivity index (χ3n) is 3.55. The molecule has 2 aromatic carbocycles. The molecule has 10 nitrogen and oxygen atoms in total. The van der Waals surface area contributed by atoms with Gasteiger partial charge in [-0.3, -0.25) is 31.1 Å². The normalized spacial score (nSPS) is 9.82. The van der Waals surface area contributed by atoms with E-state index in [-0.39, 0.29) is 16.4 Å². The van der Waals surface area contributed by atoms with Crippen LogP contribution in [0.4, 0.5) is 11.4 Å². The van der Waals surface area contributed by atoms with Gasteiger partial charge in [-0.2, -0.15) is 0 Å². The van der Waals surface area contributed by atoms with E-state index in [1.165, 1.54) is 57.7 Å². The van der Waals surface area contributed by atoms with E-state index in [1.54, 1.807) is 0 Å². The molecule has 3 N–H and O–H groups in total. The number of nitro groups is 1. The van der Waals surface area contributed by atoms with Gasteiger partial charge in [-0.1, -0.05) is 0 Å². The molecule has 0 radical (unpaired) electrons. The van der Waals surface area contributed by atoms with Gasteiger partial charge in [0.2, 0.25) is 5.75 Å². The zero-order valence-corrected chi connectivity index (χ0v) is 16.1. The maximum atomic E-state index is 12.4. The fourth-order valence-corrected chi connectivity index (χ4v) is 2.36. The molecule has 148 valence electrons. The van der Waals surface area contributed by atoms with Crippen molar-refractivity contribution >= 4 is 34.6 Å². The van der Waals surface area contributed by atoms with Crippen molar-refractivity contribution in [3.8, 4) is 17.2 Å². The highest BCUT2D eigenvalue weighted by Crippen LogP contribution is 2.38. The zero-order chi connectivity index (χ0) is 20.7.